The van der Waals surface area contributed by atoms with E-state index in [1.807, 2.05) is 54.3 Å². The van der Waals surface area contributed by atoms with Gasteiger partial charge in [0.15, 0.2) is 0 Å². The summed E-state index contributed by atoms with van der Waals surface area (Å²) in [5.74, 6) is 0. The number of anilines is 1. The lowest BCUT2D eigenvalue weighted by Gasteiger charge is -2.32. The van der Waals surface area contributed by atoms with Crippen LogP contribution in [0.1, 0.15) is 34.0 Å². The molecule has 1 N–H and O–H groups in total. The van der Waals surface area contributed by atoms with Crippen molar-refractivity contribution >= 4 is 23.3 Å². The summed E-state index contributed by atoms with van der Waals surface area (Å²) < 4.78 is 2.20. The minimum absolute atomic E-state index is 0.159. The van der Waals surface area contributed by atoms with Gasteiger partial charge in [-0.15, -0.1) is 0 Å². The van der Waals surface area contributed by atoms with Gasteiger partial charge in [-0.05, 0) is 66.4 Å². The highest BCUT2D eigenvalue weighted by atomic mass is 35.5. The third-order valence-electron chi connectivity index (χ3n) is 6.15. The summed E-state index contributed by atoms with van der Waals surface area (Å²) in [7, 11) is 0. The highest BCUT2D eigenvalue weighted by molar-refractivity contribution is 6.31. The van der Waals surface area contributed by atoms with Crippen LogP contribution in [0.15, 0.2) is 85.1 Å². The number of benzene rings is 3. The molecule has 4 aromatic rings. The predicted octanol–water partition coefficient (Wildman–Crippen LogP) is 6.88. The van der Waals surface area contributed by atoms with Crippen molar-refractivity contribution in [3.05, 3.63) is 118 Å². The Hall–Kier alpha value is -3.50. The average Bonchev–Trinajstić information content (AvgIpc) is 3.21. The van der Waals surface area contributed by atoms with Crippen LogP contribution in [0.4, 0.5) is 10.5 Å². The second kappa shape index (κ2) is 8.21. The first-order chi connectivity index (χ1) is 15.5. The van der Waals surface area contributed by atoms with Crippen LogP contribution in [0.2, 0.25) is 5.02 Å². The summed E-state index contributed by atoms with van der Waals surface area (Å²) in [5, 5.41) is 3.71. The van der Waals surface area contributed by atoms with Gasteiger partial charge in [-0.25, -0.2) is 4.79 Å². The van der Waals surface area contributed by atoms with Crippen molar-refractivity contribution in [2.24, 2.45) is 0 Å². The maximum atomic E-state index is 13.8. The number of fused-ring (bicyclic) bond motifs is 3. The summed E-state index contributed by atoms with van der Waals surface area (Å²) in [4.78, 5) is 15.7. The Morgan fingerprint density at radius 2 is 1.72 bits per heavy atom. The van der Waals surface area contributed by atoms with Crippen molar-refractivity contribution in [1.29, 1.82) is 0 Å². The normalized spacial score (nSPS) is 15.0. The average molecular weight is 442 g/mol. The molecule has 0 aliphatic carbocycles. The van der Waals surface area contributed by atoms with Crippen LogP contribution in [0, 0.1) is 13.8 Å². The maximum absolute atomic E-state index is 13.8. The summed E-state index contributed by atoms with van der Waals surface area (Å²) in [6, 6.07) is 25.8. The van der Waals surface area contributed by atoms with Gasteiger partial charge in [-0.3, -0.25) is 0 Å². The molecule has 1 aliphatic rings. The molecule has 2 heterocycles. The number of aromatic nitrogens is 1. The van der Waals surface area contributed by atoms with E-state index in [-0.39, 0.29) is 12.1 Å². The van der Waals surface area contributed by atoms with E-state index >= 15 is 0 Å². The van der Waals surface area contributed by atoms with Gasteiger partial charge < -0.3 is 14.8 Å². The number of amides is 2. The first-order valence-electron chi connectivity index (χ1n) is 10.7. The minimum Gasteiger partial charge on any atom is -0.318 e. The fraction of sp³-hybridized carbons (Fsp3) is 0.148. The largest absolute Gasteiger partial charge is 0.322 e. The number of para-hydroxylation sites is 1. The van der Waals surface area contributed by atoms with E-state index in [1.54, 1.807) is 6.07 Å². The zero-order valence-corrected chi connectivity index (χ0v) is 18.8. The molecular weight excluding hydrogens is 418 g/mol. The van der Waals surface area contributed by atoms with Crippen LogP contribution < -0.4 is 5.32 Å². The van der Waals surface area contributed by atoms with E-state index in [9.17, 15) is 4.79 Å². The van der Waals surface area contributed by atoms with Crippen molar-refractivity contribution < 1.29 is 4.79 Å². The lowest BCUT2D eigenvalue weighted by atomic mass is 9.97. The van der Waals surface area contributed by atoms with E-state index in [0.717, 1.165) is 39.3 Å². The Morgan fingerprint density at radius 3 is 2.56 bits per heavy atom. The molecule has 1 unspecified atom stereocenters. The van der Waals surface area contributed by atoms with E-state index < -0.39 is 0 Å². The fourth-order valence-electron chi connectivity index (χ4n) is 4.48. The molecule has 1 aromatic heterocycles. The van der Waals surface area contributed by atoms with E-state index in [0.29, 0.717) is 11.6 Å². The standard InChI is InChI=1S/C27H24ClN3O/c1-18-8-3-5-10-22(18)26-25-12-7-15-30(25)24-11-6-4-9-20(24)17-31(26)27(32)29-23-16-21(28)14-13-19(23)2/h3-16,26H,17H2,1-2H3,(H,29,32). The number of hydrogen-bond acceptors (Lipinski definition) is 1. The molecule has 2 amide bonds. The first-order valence-corrected chi connectivity index (χ1v) is 11.1. The Morgan fingerprint density at radius 1 is 0.938 bits per heavy atom. The molecule has 0 saturated heterocycles. The van der Waals surface area contributed by atoms with Gasteiger partial charge >= 0.3 is 6.03 Å². The van der Waals surface area contributed by atoms with Crippen molar-refractivity contribution in [3.63, 3.8) is 0 Å². The van der Waals surface area contributed by atoms with Gasteiger partial charge in [0.2, 0.25) is 0 Å². The van der Waals surface area contributed by atoms with Gasteiger partial charge in [0.1, 0.15) is 6.04 Å². The quantitative estimate of drug-likeness (QED) is 0.361. The maximum Gasteiger partial charge on any atom is 0.322 e. The molecule has 0 bridgehead atoms. The molecule has 160 valence electrons. The van der Waals surface area contributed by atoms with Gasteiger partial charge in [0.25, 0.3) is 0 Å². The second-order valence-electron chi connectivity index (χ2n) is 8.21. The van der Waals surface area contributed by atoms with Gasteiger partial charge in [0.05, 0.1) is 12.2 Å². The molecule has 0 radical (unpaired) electrons. The highest BCUT2D eigenvalue weighted by Gasteiger charge is 2.33. The third-order valence-corrected chi connectivity index (χ3v) is 6.38. The summed E-state index contributed by atoms with van der Waals surface area (Å²) in [6.45, 7) is 4.55. The summed E-state index contributed by atoms with van der Waals surface area (Å²) in [5.41, 5.74) is 7.19. The van der Waals surface area contributed by atoms with Crippen molar-refractivity contribution in [2.45, 2.75) is 26.4 Å². The van der Waals surface area contributed by atoms with Crippen LogP contribution in [-0.4, -0.2) is 15.5 Å². The summed E-state index contributed by atoms with van der Waals surface area (Å²) in [6.07, 6.45) is 2.07. The highest BCUT2D eigenvalue weighted by Crippen LogP contribution is 2.38. The Bertz CT molecular complexity index is 1310. The number of rotatable bonds is 2. The lowest BCUT2D eigenvalue weighted by molar-refractivity contribution is 0.194. The molecule has 0 spiro atoms. The first kappa shape index (κ1) is 20.4. The SMILES string of the molecule is Cc1ccc(Cl)cc1NC(=O)N1Cc2ccccc2-n2cccc2C1c1ccccc1C. The molecule has 1 aliphatic heterocycles. The van der Waals surface area contributed by atoms with Crippen LogP contribution in [0.25, 0.3) is 5.69 Å². The van der Waals surface area contributed by atoms with Crippen LogP contribution >= 0.6 is 11.6 Å². The molecule has 5 rings (SSSR count). The van der Waals surface area contributed by atoms with Gasteiger partial charge in [-0.2, -0.15) is 0 Å². The van der Waals surface area contributed by atoms with Gasteiger partial charge in [-0.1, -0.05) is 60.1 Å². The Labute approximate surface area is 193 Å². The minimum atomic E-state index is -0.238. The molecule has 5 heteroatoms. The van der Waals surface area contributed by atoms with Crippen molar-refractivity contribution in [3.8, 4) is 5.69 Å². The van der Waals surface area contributed by atoms with Gasteiger partial charge in [0, 0.05) is 22.6 Å². The number of urea groups is 1. The molecular formula is C27H24ClN3O. The van der Waals surface area contributed by atoms with E-state index in [4.69, 9.17) is 11.6 Å². The Balaban J connectivity index is 1.66. The molecule has 3 aromatic carbocycles. The van der Waals surface area contributed by atoms with Crippen LogP contribution in [0.5, 0.6) is 0 Å². The number of carbonyl (C=O) groups excluding carboxylic acids is 1. The van der Waals surface area contributed by atoms with Crippen molar-refractivity contribution in [2.75, 3.05) is 5.32 Å². The smallest absolute Gasteiger partial charge is 0.318 e. The number of nitrogens with one attached hydrogen (secondary N) is 1. The number of hydrogen-bond donors (Lipinski definition) is 1. The molecule has 0 saturated carbocycles. The van der Waals surface area contributed by atoms with Crippen LogP contribution in [0.3, 0.4) is 0 Å². The van der Waals surface area contributed by atoms with Crippen LogP contribution in [-0.2, 0) is 6.54 Å². The number of halogens is 1. The summed E-state index contributed by atoms with van der Waals surface area (Å²) >= 11 is 6.21. The topological polar surface area (TPSA) is 37.3 Å². The lowest BCUT2D eigenvalue weighted by Crippen LogP contribution is -2.38. The number of aryl methyl sites for hydroxylation is 2. The van der Waals surface area contributed by atoms with Crippen molar-refractivity contribution in [1.82, 2.24) is 9.47 Å². The molecule has 32 heavy (non-hydrogen) atoms. The number of nitrogens with zero attached hydrogens (tertiary/aromatic N) is 2. The van der Waals surface area contributed by atoms with E-state index in [1.165, 1.54) is 0 Å². The monoisotopic (exact) mass is 441 g/mol. The number of carbonyl (C=O) groups is 1. The second-order valence-corrected chi connectivity index (χ2v) is 8.64. The fourth-order valence-corrected chi connectivity index (χ4v) is 4.65. The molecule has 0 fully saturated rings. The zero-order valence-electron chi connectivity index (χ0n) is 18.0. The Kier molecular flexibility index (Phi) is 5.24. The van der Waals surface area contributed by atoms with E-state index in [2.05, 4.69) is 53.3 Å². The molecule has 4 nitrogen and oxygen atoms in total. The molecule has 1 atom stereocenters. The zero-order chi connectivity index (χ0) is 22.2. The predicted molar refractivity (Wildman–Crippen MR) is 130 cm³/mol. The third kappa shape index (κ3) is 3.57.